The highest BCUT2D eigenvalue weighted by Crippen LogP contribution is 2.14. The summed E-state index contributed by atoms with van der Waals surface area (Å²) in [7, 11) is 0. The molecule has 0 saturated carbocycles. The normalized spacial score (nSPS) is 11.5. The van der Waals surface area contributed by atoms with Crippen molar-refractivity contribution in [3.05, 3.63) is 95.0 Å². The van der Waals surface area contributed by atoms with Gasteiger partial charge in [0.15, 0.2) is 0 Å². The number of hydrogen-bond donors (Lipinski definition) is 1. The quantitative estimate of drug-likeness (QED) is 0.447. The second-order valence-electron chi connectivity index (χ2n) is 5.90. The highest BCUT2D eigenvalue weighted by Gasteiger charge is 1.98. The van der Waals surface area contributed by atoms with Crippen LogP contribution in [0.5, 0.6) is 0 Å². The Balaban J connectivity index is 2.00. The summed E-state index contributed by atoms with van der Waals surface area (Å²) in [4.78, 5) is 4.23. The minimum absolute atomic E-state index is 0.776. The first kappa shape index (κ1) is 17.5. The number of allylic oxidation sites excluding steroid dienone is 4. The van der Waals surface area contributed by atoms with Crippen molar-refractivity contribution in [2.24, 2.45) is 0 Å². The fourth-order valence-corrected chi connectivity index (χ4v) is 2.46. The summed E-state index contributed by atoms with van der Waals surface area (Å²) >= 11 is 0. The molecular weight excluding hydrogens is 292 g/mol. The summed E-state index contributed by atoms with van der Waals surface area (Å²) in [5.41, 5.74) is 15.3. The van der Waals surface area contributed by atoms with Gasteiger partial charge < -0.3 is 5.73 Å². The van der Waals surface area contributed by atoms with Crippen LogP contribution in [0.15, 0.2) is 78.2 Å². The number of anilines is 1. The lowest BCUT2D eigenvalue weighted by atomic mass is 10.0. The van der Waals surface area contributed by atoms with Gasteiger partial charge >= 0.3 is 0 Å². The van der Waals surface area contributed by atoms with Crippen molar-refractivity contribution in [3.8, 4) is 0 Å². The van der Waals surface area contributed by atoms with Crippen LogP contribution in [0.25, 0.3) is 6.08 Å². The van der Waals surface area contributed by atoms with E-state index in [1.165, 1.54) is 5.56 Å². The Morgan fingerprint density at radius 3 is 2.83 bits per heavy atom. The summed E-state index contributed by atoms with van der Waals surface area (Å²) in [5.74, 6) is 0. The minimum atomic E-state index is 0.776. The number of aryl methyl sites for hydroxylation is 2. The van der Waals surface area contributed by atoms with Gasteiger partial charge in [0, 0.05) is 17.6 Å². The van der Waals surface area contributed by atoms with Crippen LogP contribution >= 0.6 is 0 Å². The lowest BCUT2D eigenvalue weighted by Gasteiger charge is -2.03. The van der Waals surface area contributed by atoms with Crippen molar-refractivity contribution in [1.29, 1.82) is 0 Å². The first-order valence-electron chi connectivity index (χ1n) is 8.09. The van der Waals surface area contributed by atoms with Gasteiger partial charge in [0.2, 0.25) is 0 Å². The average Bonchev–Trinajstić information content (AvgIpc) is 2.57. The number of nitrogen functional groups attached to an aromatic ring is 1. The highest BCUT2D eigenvalue weighted by molar-refractivity contribution is 5.57. The molecule has 0 aliphatic heterocycles. The number of rotatable bonds is 6. The zero-order chi connectivity index (χ0) is 17.4. The van der Waals surface area contributed by atoms with E-state index in [1.807, 2.05) is 37.4 Å². The van der Waals surface area contributed by atoms with Gasteiger partial charge in [0.1, 0.15) is 0 Å². The zero-order valence-corrected chi connectivity index (χ0v) is 14.4. The summed E-state index contributed by atoms with van der Waals surface area (Å²) in [6.07, 6.45) is 10.0. The second kappa shape index (κ2) is 8.71. The fraction of sp³-hybridized carbons (Fsp3) is 0.182. The number of aromatic nitrogens is 1. The van der Waals surface area contributed by atoms with E-state index in [0.717, 1.165) is 40.9 Å². The molecule has 24 heavy (non-hydrogen) atoms. The molecule has 0 unspecified atom stereocenters. The van der Waals surface area contributed by atoms with Crippen LogP contribution in [0.1, 0.15) is 30.2 Å². The van der Waals surface area contributed by atoms with Crippen LogP contribution in [0, 0.1) is 6.92 Å². The molecular formula is C22H24N2. The molecule has 0 amide bonds. The molecule has 2 N–H and O–H groups in total. The van der Waals surface area contributed by atoms with Crippen LogP contribution < -0.4 is 5.73 Å². The van der Waals surface area contributed by atoms with Crippen molar-refractivity contribution in [2.75, 3.05) is 5.73 Å². The summed E-state index contributed by atoms with van der Waals surface area (Å²) in [6.45, 7) is 7.91. The SMILES string of the molecule is C=C=C(C=C(C)C=Cc1cccc(N)c1)CCc1ccnc(C)c1. The van der Waals surface area contributed by atoms with E-state index < -0.39 is 0 Å². The maximum absolute atomic E-state index is 5.80. The molecule has 2 nitrogen and oxygen atoms in total. The van der Waals surface area contributed by atoms with E-state index in [1.54, 1.807) is 0 Å². The maximum atomic E-state index is 5.80. The molecule has 1 aromatic heterocycles. The molecule has 0 radical (unpaired) electrons. The number of pyridine rings is 1. The van der Waals surface area contributed by atoms with E-state index in [2.05, 4.69) is 54.6 Å². The summed E-state index contributed by atoms with van der Waals surface area (Å²) in [5, 5.41) is 0. The van der Waals surface area contributed by atoms with Crippen LogP contribution in [0.3, 0.4) is 0 Å². The van der Waals surface area contributed by atoms with Gasteiger partial charge in [-0.05, 0) is 73.7 Å². The Kier molecular flexibility index (Phi) is 6.36. The molecule has 0 fully saturated rings. The van der Waals surface area contributed by atoms with E-state index in [0.29, 0.717) is 0 Å². The summed E-state index contributed by atoms with van der Waals surface area (Å²) < 4.78 is 0. The maximum Gasteiger partial charge on any atom is 0.0375 e. The first-order valence-corrected chi connectivity index (χ1v) is 8.09. The lowest BCUT2D eigenvalue weighted by Crippen LogP contribution is -1.90. The molecule has 0 atom stereocenters. The smallest absolute Gasteiger partial charge is 0.0375 e. The Morgan fingerprint density at radius 2 is 2.12 bits per heavy atom. The Labute approximate surface area is 144 Å². The predicted octanol–water partition coefficient (Wildman–Crippen LogP) is 5.28. The van der Waals surface area contributed by atoms with Gasteiger partial charge in [-0.1, -0.05) is 36.4 Å². The Hall–Kier alpha value is -2.83. The van der Waals surface area contributed by atoms with E-state index in [4.69, 9.17) is 5.73 Å². The zero-order valence-electron chi connectivity index (χ0n) is 14.4. The summed E-state index contributed by atoms with van der Waals surface area (Å²) in [6, 6.07) is 12.0. The van der Waals surface area contributed by atoms with Crippen LogP contribution in [-0.4, -0.2) is 4.98 Å². The Bertz CT molecular complexity index is 806. The molecule has 2 aromatic rings. The van der Waals surface area contributed by atoms with Crippen molar-refractivity contribution < 1.29 is 0 Å². The molecule has 2 heteroatoms. The van der Waals surface area contributed by atoms with Crippen LogP contribution in [0.4, 0.5) is 5.69 Å². The molecule has 0 saturated heterocycles. The molecule has 0 bridgehead atoms. The van der Waals surface area contributed by atoms with Crippen LogP contribution in [-0.2, 0) is 6.42 Å². The van der Waals surface area contributed by atoms with Gasteiger partial charge in [-0.25, -0.2) is 0 Å². The van der Waals surface area contributed by atoms with E-state index >= 15 is 0 Å². The highest BCUT2D eigenvalue weighted by atomic mass is 14.6. The van der Waals surface area contributed by atoms with Gasteiger partial charge in [-0.3, -0.25) is 4.98 Å². The number of hydrogen-bond acceptors (Lipinski definition) is 2. The topological polar surface area (TPSA) is 38.9 Å². The van der Waals surface area contributed by atoms with Gasteiger partial charge in [-0.2, -0.15) is 0 Å². The third-order valence-corrected chi connectivity index (χ3v) is 3.72. The van der Waals surface area contributed by atoms with Crippen LogP contribution in [0.2, 0.25) is 0 Å². The molecule has 1 heterocycles. The van der Waals surface area contributed by atoms with Gasteiger partial charge in [0.25, 0.3) is 0 Å². The molecule has 2 rings (SSSR count). The van der Waals surface area contributed by atoms with Crippen molar-refractivity contribution >= 4 is 11.8 Å². The standard InChI is InChI=1S/C22H24N2/c1-4-19(10-11-21-12-13-24-18(3)15-21)14-17(2)8-9-20-6-5-7-22(23)16-20/h5-9,12-16H,1,10-11,23H2,2-3H3. The van der Waals surface area contributed by atoms with Crippen molar-refractivity contribution in [3.63, 3.8) is 0 Å². The average molecular weight is 316 g/mol. The largest absolute Gasteiger partial charge is 0.399 e. The third kappa shape index (κ3) is 5.75. The molecule has 0 aliphatic rings. The minimum Gasteiger partial charge on any atom is -0.399 e. The van der Waals surface area contributed by atoms with Crippen molar-refractivity contribution in [1.82, 2.24) is 4.98 Å². The monoisotopic (exact) mass is 316 g/mol. The van der Waals surface area contributed by atoms with Gasteiger partial charge in [0.05, 0.1) is 0 Å². The van der Waals surface area contributed by atoms with Crippen molar-refractivity contribution in [2.45, 2.75) is 26.7 Å². The predicted molar refractivity (Wildman–Crippen MR) is 104 cm³/mol. The van der Waals surface area contributed by atoms with Gasteiger partial charge in [-0.15, -0.1) is 5.73 Å². The number of nitrogens with zero attached hydrogens (tertiary/aromatic N) is 1. The second-order valence-corrected chi connectivity index (χ2v) is 5.90. The molecule has 0 spiro atoms. The Morgan fingerprint density at radius 1 is 1.29 bits per heavy atom. The molecule has 1 aromatic carbocycles. The number of benzene rings is 1. The van der Waals surface area contributed by atoms with E-state index in [-0.39, 0.29) is 0 Å². The number of nitrogens with two attached hydrogens (primary N) is 1. The molecule has 0 aliphatic carbocycles. The molecule has 122 valence electrons. The van der Waals surface area contributed by atoms with E-state index in [9.17, 15) is 0 Å². The first-order chi connectivity index (χ1) is 11.6. The fourth-order valence-electron chi connectivity index (χ4n) is 2.46. The lowest BCUT2D eigenvalue weighted by molar-refractivity contribution is 0.955. The third-order valence-electron chi connectivity index (χ3n) is 3.72.